The third-order valence-corrected chi connectivity index (χ3v) is 4.99. The van der Waals surface area contributed by atoms with Crippen LogP contribution in [0.2, 0.25) is 0 Å². The van der Waals surface area contributed by atoms with Gasteiger partial charge in [-0.15, -0.1) is 0 Å². The van der Waals surface area contributed by atoms with Crippen molar-refractivity contribution in [3.8, 4) is 0 Å². The van der Waals surface area contributed by atoms with Crippen molar-refractivity contribution in [1.29, 1.82) is 0 Å². The topological polar surface area (TPSA) is 50.9 Å². The molecule has 2 fully saturated rings. The van der Waals surface area contributed by atoms with Gasteiger partial charge in [-0.1, -0.05) is 32.1 Å². The molecule has 18 heavy (non-hydrogen) atoms. The summed E-state index contributed by atoms with van der Waals surface area (Å²) in [5, 5.41) is 5.00. The number of nitrogens with zero attached hydrogens (tertiary/aromatic N) is 1. The zero-order chi connectivity index (χ0) is 12.4. The van der Waals surface area contributed by atoms with E-state index in [0.717, 1.165) is 5.82 Å². The van der Waals surface area contributed by atoms with Gasteiger partial charge in [0, 0.05) is 11.6 Å². The average molecular weight is 265 g/mol. The lowest BCUT2D eigenvalue weighted by molar-refractivity contribution is 0.472. The highest BCUT2D eigenvalue weighted by atomic mass is 32.1. The van der Waals surface area contributed by atoms with Crippen LogP contribution in [0.3, 0.4) is 0 Å². The molecular weight excluding hydrogens is 242 g/mol. The molecule has 0 bridgehead atoms. The Morgan fingerprint density at radius 2 is 1.67 bits per heavy atom. The van der Waals surface area contributed by atoms with Crippen molar-refractivity contribution >= 4 is 22.4 Å². The summed E-state index contributed by atoms with van der Waals surface area (Å²) >= 11 is 1.56. The van der Waals surface area contributed by atoms with Gasteiger partial charge in [-0.05, 0) is 43.1 Å². The lowest BCUT2D eigenvalue weighted by atomic mass is 9.96. The van der Waals surface area contributed by atoms with Crippen molar-refractivity contribution in [2.45, 2.75) is 69.7 Å². The molecule has 4 heteroatoms. The van der Waals surface area contributed by atoms with Gasteiger partial charge in [0.05, 0.1) is 0 Å². The molecule has 0 unspecified atom stereocenters. The second-order valence-corrected chi connectivity index (χ2v) is 6.54. The number of rotatable bonds is 3. The van der Waals surface area contributed by atoms with Crippen LogP contribution < -0.4 is 11.1 Å². The quantitative estimate of drug-likeness (QED) is 0.864. The highest BCUT2D eigenvalue weighted by Gasteiger charge is 2.31. The smallest absolute Gasteiger partial charge is 0.142 e. The van der Waals surface area contributed by atoms with Crippen molar-refractivity contribution in [2.24, 2.45) is 0 Å². The molecule has 1 aromatic rings. The molecule has 3 N–H and O–H groups in total. The highest BCUT2D eigenvalue weighted by molar-refractivity contribution is 7.10. The second-order valence-electron chi connectivity index (χ2n) is 5.77. The number of nitrogens with one attached hydrogen (secondary N) is 1. The predicted octanol–water partition coefficient (Wildman–Crippen LogP) is 4.13. The molecule has 1 heterocycles. The van der Waals surface area contributed by atoms with Gasteiger partial charge in [0.2, 0.25) is 0 Å². The minimum absolute atomic E-state index is 0.641. The molecule has 0 radical (unpaired) electrons. The molecular formula is C14H23N3S. The molecule has 3 rings (SSSR count). The van der Waals surface area contributed by atoms with Gasteiger partial charge >= 0.3 is 0 Å². The number of aromatic nitrogens is 1. The van der Waals surface area contributed by atoms with Crippen LogP contribution in [0.1, 0.15) is 69.3 Å². The van der Waals surface area contributed by atoms with Crippen LogP contribution in [0, 0.1) is 0 Å². The molecule has 0 aromatic carbocycles. The predicted molar refractivity (Wildman–Crippen MR) is 78.2 cm³/mol. The Morgan fingerprint density at radius 3 is 2.33 bits per heavy atom. The normalized spacial score (nSPS) is 22.4. The minimum Gasteiger partial charge on any atom is -0.383 e. The van der Waals surface area contributed by atoms with Crippen LogP contribution in [-0.4, -0.2) is 10.4 Å². The fraction of sp³-hybridized carbons (Fsp3) is 0.786. The first kappa shape index (κ1) is 12.3. The lowest BCUT2D eigenvalue weighted by Crippen LogP contribution is -2.20. The Labute approximate surface area is 113 Å². The second kappa shape index (κ2) is 5.47. The Bertz CT molecular complexity index is 390. The molecule has 0 atom stereocenters. The maximum absolute atomic E-state index is 6.00. The standard InChI is InChI=1S/C14H23N3S/c15-13-12(10-8-9-10)14(18-17-13)16-11-6-4-2-1-3-5-7-11/h10-11,16H,1-9H2,(H2,15,17). The average Bonchev–Trinajstić information content (AvgIpc) is 3.08. The maximum Gasteiger partial charge on any atom is 0.142 e. The summed E-state index contributed by atoms with van der Waals surface area (Å²) < 4.78 is 4.34. The van der Waals surface area contributed by atoms with E-state index in [9.17, 15) is 0 Å². The number of hydrogen-bond donors (Lipinski definition) is 2. The largest absolute Gasteiger partial charge is 0.383 e. The molecule has 100 valence electrons. The number of nitrogens with two attached hydrogens (primary N) is 1. The van der Waals surface area contributed by atoms with E-state index in [1.165, 1.54) is 68.4 Å². The van der Waals surface area contributed by atoms with Crippen LogP contribution in [0.25, 0.3) is 0 Å². The summed E-state index contributed by atoms with van der Waals surface area (Å²) in [6.07, 6.45) is 12.2. The molecule has 0 saturated heterocycles. The SMILES string of the molecule is Nc1nsc(NC2CCCCCCC2)c1C1CC1. The number of anilines is 2. The molecule has 0 spiro atoms. The lowest BCUT2D eigenvalue weighted by Gasteiger charge is -2.21. The van der Waals surface area contributed by atoms with Crippen LogP contribution in [0.5, 0.6) is 0 Å². The van der Waals surface area contributed by atoms with Crippen molar-refractivity contribution in [1.82, 2.24) is 4.37 Å². The Kier molecular flexibility index (Phi) is 3.73. The Morgan fingerprint density at radius 1 is 1.00 bits per heavy atom. The summed E-state index contributed by atoms with van der Waals surface area (Å²) in [7, 11) is 0. The van der Waals surface area contributed by atoms with Crippen molar-refractivity contribution in [2.75, 3.05) is 11.1 Å². The molecule has 3 nitrogen and oxygen atoms in total. The third-order valence-electron chi connectivity index (χ3n) is 4.18. The van der Waals surface area contributed by atoms with E-state index in [1.54, 1.807) is 11.5 Å². The highest BCUT2D eigenvalue weighted by Crippen LogP contribution is 2.48. The molecule has 1 aromatic heterocycles. The Hall–Kier alpha value is -0.770. The molecule has 0 aliphatic heterocycles. The first-order valence-electron chi connectivity index (χ1n) is 7.36. The van der Waals surface area contributed by atoms with E-state index in [4.69, 9.17) is 5.73 Å². The van der Waals surface area contributed by atoms with Crippen molar-refractivity contribution in [3.05, 3.63) is 5.56 Å². The van der Waals surface area contributed by atoms with Crippen molar-refractivity contribution in [3.63, 3.8) is 0 Å². The molecule has 2 saturated carbocycles. The number of hydrogen-bond acceptors (Lipinski definition) is 4. The molecule has 0 amide bonds. The van der Waals surface area contributed by atoms with E-state index in [-0.39, 0.29) is 0 Å². The molecule has 2 aliphatic rings. The van der Waals surface area contributed by atoms with Gasteiger partial charge < -0.3 is 11.1 Å². The Balaban J connectivity index is 1.67. The fourth-order valence-electron chi connectivity index (χ4n) is 2.97. The van der Waals surface area contributed by atoms with Gasteiger partial charge in [-0.25, -0.2) is 0 Å². The van der Waals surface area contributed by atoms with Gasteiger partial charge in [0.1, 0.15) is 10.8 Å². The van der Waals surface area contributed by atoms with Crippen LogP contribution in [0.15, 0.2) is 0 Å². The monoisotopic (exact) mass is 265 g/mol. The van der Waals surface area contributed by atoms with E-state index in [2.05, 4.69) is 9.69 Å². The van der Waals surface area contributed by atoms with E-state index in [0.29, 0.717) is 12.0 Å². The van der Waals surface area contributed by atoms with E-state index < -0.39 is 0 Å². The van der Waals surface area contributed by atoms with Gasteiger partial charge in [-0.3, -0.25) is 0 Å². The summed E-state index contributed by atoms with van der Waals surface area (Å²) in [6.45, 7) is 0. The third kappa shape index (κ3) is 2.79. The fourth-order valence-corrected chi connectivity index (χ4v) is 3.84. The van der Waals surface area contributed by atoms with Gasteiger partial charge in [0.25, 0.3) is 0 Å². The number of nitrogen functional groups attached to an aromatic ring is 1. The zero-order valence-corrected chi connectivity index (χ0v) is 11.8. The minimum atomic E-state index is 0.641. The van der Waals surface area contributed by atoms with Crippen LogP contribution in [0.4, 0.5) is 10.8 Å². The molecule has 2 aliphatic carbocycles. The first-order chi connectivity index (χ1) is 8.84. The van der Waals surface area contributed by atoms with Gasteiger partial charge in [0.15, 0.2) is 0 Å². The maximum atomic E-state index is 6.00. The summed E-state index contributed by atoms with van der Waals surface area (Å²) in [6, 6.07) is 0.641. The van der Waals surface area contributed by atoms with Crippen molar-refractivity contribution < 1.29 is 0 Å². The van der Waals surface area contributed by atoms with Gasteiger partial charge in [-0.2, -0.15) is 4.37 Å². The summed E-state index contributed by atoms with van der Waals surface area (Å²) in [5.74, 6) is 1.47. The van der Waals surface area contributed by atoms with Crippen LogP contribution >= 0.6 is 11.5 Å². The zero-order valence-electron chi connectivity index (χ0n) is 11.0. The first-order valence-corrected chi connectivity index (χ1v) is 8.13. The van der Waals surface area contributed by atoms with E-state index >= 15 is 0 Å². The van der Waals surface area contributed by atoms with E-state index in [1.807, 2.05) is 0 Å². The summed E-state index contributed by atoms with van der Waals surface area (Å²) in [5.41, 5.74) is 7.32. The summed E-state index contributed by atoms with van der Waals surface area (Å²) in [4.78, 5) is 0. The van der Waals surface area contributed by atoms with Crippen LogP contribution in [-0.2, 0) is 0 Å².